The number of aliphatic carboxylic acids is 1. The molecule has 0 aliphatic heterocycles. The third kappa shape index (κ3) is 5.00. The predicted molar refractivity (Wildman–Crippen MR) is 30.6 cm³/mol. The van der Waals surface area contributed by atoms with Gasteiger partial charge in [0.05, 0.1) is 0 Å². The van der Waals surface area contributed by atoms with E-state index in [1.54, 1.807) is 0 Å². The summed E-state index contributed by atoms with van der Waals surface area (Å²) in [7, 11) is 1.41. The monoisotopic (exact) mass is 115 g/mol. The second-order valence-corrected chi connectivity index (χ2v) is 1.08. The fourth-order valence-corrected chi connectivity index (χ4v) is 0.190. The lowest BCUT2D eigenvalue weighted by Crippen LogP contribution is -1.99. The second kappa shape index (κ2) is 4.17. The topological polar surface area (TPSA) is 58.9 Å². The van der Waals surface area contributed by atoms with Gasteiger partial charge in [0, 0.05) is 0 Å². The van der Waals surface area contributed by atoms with Crippen LogP contribution in [0.1, 0.15) is 0 Å². The first-order valence-electron chi connectivity index (χ1n) is 2.00. The standard InChI is InChI=1S/C3H6BNO3/c4-8-2-5-1-3(6)7/h2H,1,4H2,(H,6,7). The summed E-state index contributed by atoms with van der Waals surface area (Å²) >= 11 is 0. The zero-order valence-electron chi connectivity index (χ0n) is 4.50. The summed E-state index contributed by atoms with van der Waals surface area (Å²) in [5.74, 6) is -0.960. The average molecular weight is 115 g/mol. The molecule has 0 radical (unpaired) electrons. The predicted octanol–water partition coefficient (Wildman–Crippen LogP) is -1.34. The number of nitrogens with zero attached hydrogens (tertiary/aromatic N) is 1. The molecule has 44 valence electrons. The van der Waals surface area contributed by atoms with Crippen molar-refractivity contribution in [2.24, 2.45) is 4.99 Å². The van der Waals surface area contributed by atoms with Crippen LogP contribution in [0.25, 0.3) is 0 Å². The van der Waals surface area contributed by atoms with Crippen LogP contribution in [-0.4, -0.2) is 32.1 Å². The molecular weight excluding hydrogens is 109 g/mol. The maximum absolute atomic E-state index is 9.70. The van der Waals surface area contributed by atoms with E-state index in [2.05, 4.69) is 9.65 Å². The minimum Gasteiger partial charge on any atom is -0.560 e. The van der Waals surface area contributed by atoms with E-state index >= 15 is 0 Å². The smallest absolute Gasteiger partial charge is 0.325 e. The van der Waals surface area contributed by atoms with Gasteiger partial charge in [0.15, 0.2) is 6.40 Å². The Balaban J connectivity index is 3.16. The summed E-state index contributed by atoms with van der Waals surface area (Å²) in [4.78, 5) is 13.0. The van der Waals surface area contributed by atoms with Gasteiger partial charge in [-0.05, 0) is 0 Å². The highest BCUT2D eigenvalue weighted by Gasteiger charge is 1.87. The molecule has 4 nitrogen and oxygen atoms in total. The molecular formula is C3H6BNO3. The van der Waals surface area contributed by atoms with Gasteiger partial charge < -0.3 is 9.76 Å². The zero-order chi connectivity index (χ0) is 6.41. The van der Waals surface area contributed by atoms with Gasteiger partial charge in [-0.25, -0.2) is 4.99 Å². The molecule has 0 rings (SSSR count). The molecule has 5 heteroatoms. The molecule has 0 bridgehead atoms. The number of carboxylic acid groups (broad SMARTS) is 1. The van der Waals surface area contributed by atoms with Gasteiger partial charge >= 0.3 is 14.0 Å². The van der Waals surface area contributed by atoms with Crippen molar-refractivity contribution in [3.8, 4) is 0 Å². The van der Waals surface area contributed by atoms with E-state index in [4.69, 9.17) is 5.11 Å². The Morgan fingerprint density at radius 1 is 2.00 bits per heavy atom. The molecule has 8 heavy (non-hydrogen) atoms. The highest BCUT2D eigenvalue weighted by Crippen LogP contribution is 1.66. The Labute approximate surface area is 47.6 Å². The fourth-order valence-electron chi connectivity index (χ4n) is 0.190. The Bertz CT molecular complexity index is 103. The van der Waals surface area contributed by atoms with E-state index in [1.165, 1.54) is 8.05 Å². The first-order chi connectivity index (χ1) is 3.77. The lowest BCUT2D eigenvalue weighted by Gasteiger charge is -1.84. The van der Waals surface area contributed by atoms with Crippen LogP contribution in [-0.2, 0) is 9.45 Å². The molecule has 0 aliphatic rings. The van der Waals surface area contributed by atoms with Crippen molar-refractivity contribution in [2.45, 2.75) is 0 Å². The van der Waals surface area contributed by atoms with Gasteiger partial charge in [-0.15, -0.1) is 0 Å². The van der Waals surface area contributed by atoms with Crippen LogP contribution in [0.15, 0.2) is 4.99 Å². The minimum atomic E-state index is -0.960. The van der Waals surface area contributed by atoms with E-state index in [9.17, 15) is 4.79 Å². The van der Waals surface area contributed by atoms with Gasteiger partial charge in [-0.2, -0.15) is 0 Å². The molecule has 0 heterocycles. The van der Waals surface area contributed by atoms with Crippen molar-refractivity contribution in [3.05, 3.63) is 0 Å². The van der Waals surface area contributed by atoms with Crippen LogP contribution >= 0.6 is 0 Å². The molecule has 0 aliphatic carbocycles. The Morgan fingerprint density at radius 2 is 2.62 bits per heavy atom. The van der Waals surface area contributed by atoms with Crippen LogP contribution in [0, 0.1) is 0 Å². The summed E-state index contributed by atoms with van der Waals surface area (Å²) in [5.41, 5.74) is 0. The molecule has 0 spiro atoms. The van der Waals surface area contributed by atoms with Crippen molar-refractivity contribution in [2.75, 3.05) is 6.54 Å². The van der Waals surface area contributed by atoms with Gasteiger partial charge in [0.2, 0.25) is 0 Å². The SMILES string of the molecule is BOC=NCC(=O)O. The molecule has 0 saturated heterocycles. The van der Waals surface area contributed by atoms with E-state index in [1.807, 2.05) is 0 Å². The first kappa shape index (κ1) is 7.00. The number of hydrogen-bond acceptors (Lipinski definition) is 3. The number of aliphatic imine (C=N–C) groups is 1. The number of rotatable bonds is 3. The van der Waals surface area contributed by atoms with Gasteiger partial charge in [-0.3, -0.25) is 4.79 Å². The van der Waals surface area contributed by atoms with Crippen molar-refractivity contribution in [1.29, 1.82) is 0 Å². The van der Waals surface area contributed by atoms with Crippen molar-refractivity contribution >= 4 is 20.4 Å². The van der Waals surface area contributed by atoms with Crippen LogP contribution < -0.4 is 0 Å². The first-order valence-corrected chi connectivity index (χ1v) is 2.00. The molecule has 0 fully saturated rings. The Hall–Kier alpha value is -0.995. The van der Waals surface area contributed by atoms with E-state index in [0.29, 0.717) is 0 Å². The van der Waals surface area contributed by atoms with Gasteiger partial charge in [0.25, 0.3) is 0 Å². The molecule has 1 N–H and O–H groups in total. The molecule has 0 amide bonds. The van der Waals surface area contributed by atoms with Crippen LogP contribution in [0.4, 0.5) is 0 Å². The maximum Gasteiger partial charge on any atom is 0.325 e. The third-order valence-corrected chi connectivity index (χ3v) is 0.406. The largest absolute Gasteiger partial charge is 0.560 e. The summed E-state index contributed by atoms with van der Waals surface area (Å²) in [6, 6.07) is 0. The van der Waals surface area contributed by atoms with Gasteiger partial charge in [0.1, 0.15) is 6.54 Å². The Morgan fingerprint density at radius 3 is 3.00 bits per heavy atom. The summed E-state index contributed by atoms with van der Waals surface area (Å²) < 4.78 is 4.34. The summed E-state index contributed by atoms with van der Waals surface area (Å²) in [6.45, 7) is -0.228. The maximum atomic E-state index is 9.70. The van der Waals surface area contributed by atoms with E-state index in [0.717, 1.165) is 6.40 Å². The third-order valence-electron chi connectivity index (χ3n) is 0.406. The molecule has 0 aromatic rings. The van der Waals surface area contributed by atoms with Crippen LogP contribution in [0.2, 0.25) is 0 Å². The number of hydrogen-bond donors (Lipinski definition) is 1. The lowest BCUT2D eigenvalue weighted by molar-refractivity contribution is -0.135. The highest BCUT2D eigenvalue weighted by molar-refractivity contribution is 6.02. The minimum absolute atomic E-state index is 0.228. The lowest BCUT2D eigenvalue weighted by atomic mass is 10.6. The van der Waals surface area contributed by atoms with E-state index < -0.39 is 5.97 Å². The molecule has 0 unspecified atom stereocenters. The molecule has 0 aromatic heterocycles. The quantitative estimate of drug-likeness (QED) is 0.281. The van der Waals surface area contributed by atoms with Crippen molar-refractivity contribution < 1.29 is 14.6 Å². The fraction of sp³-hybridized carbons (Fsp3) is 0.333. The van der Waals surface area contributed by atoms with Gasteiger partial charge in [-0.1, -0.05) is 0 Å². The summed E-state index contributed by atoms with van der Waals surface area (Å²) in [6.07, 6.45) is 1.09. The average Bonchev–Trinajstić information content (AvgIpc) is 1.66. The number of carbonyl (C=O) groups is 1. The normalized spacial score (nSPS) is 9.50. The summed E-state index contributed by atoms with van der Waals surface area (Å²) in [5, 5.41) is 7.97. The molecule has 0 saturated carbocycles. The molecule has 0 aromatic carbocycles. The van der Waals surface area contributed by atoms with Crippen LogP contribution in [0.3, 0.4) is 0 Å². The van der Waals surface area contributed by atoms with Crippen LogP contribution in [0.5, 0.6) is 0 Å². The zero-order valence-corrected chi connectivity index (χ0v) is 4.50. The second-order valence-electron chi connectivity index (χ2n) is 1.08. The molecule has 0 atom stereocenters. The Kier molecular flexibility index (Phi) is 3.65. The van der Waals surface area contributed by atoms with Crippen molar-refractivity contribution in [3.63, 3.8) is 0 Å². The van der Waals surface area contributed by atoms with Crippen molar-refractivity contribution in [1.82, 2.24) is 0 Å². The highest BCUT2D eigenvalue weighted by atomic mass is 16.4. The van der Waals surface area contributed by atoms with E-state index in [-0.39, 0.29) is 6.54 Å². The number of carboxylic acids is 1.